The van der Waals surface area contributed by atoms with Gasteiger partial charge in [0.2, 0.25) is 5.91 Å². The smallest absolute Gasteiger partial charge is 0.220 e. The number of unbranched alkanes of at least 4 members (excludes halogenated alkanes) is 2. The lowest BCUT2D eigenvalue weighted by Crippen LogP contribution is -2.39. The molecule has 1 N–H and O–H groups in total. The maximum atomic E-state index is 12.0. The predicted molar refractivity (Wildman–Crippen MR) is 92.0 cm³/mol. The molecular formula is C18H36N2O2. The van der Waals surface area contributed by atoms with E-state index in [1.165, 1.54) is 0 Å². The monoisotopic (exact) mass is 312 g/mol. The van der Waals surface area contributed by atoms with E-state index in [9.17, 15) is 4.79 Å². The van der Waals surface area contributed by atoms with Crippen molar-refractivity contribution in [2.24, 2.45) is 5.92 Å². The highest BCUT2D eigenvalue weighted by Gasteiger charge is 2.22. The summed E-state index contributed by atoms with van der Waals surface area (Å²) < 4.78 is 5.50. The average molecular weight is 312 g/mol. The Bertz CT molecular complexity index is 297. The van der Waals surface area contributed by atoms with Crippen molar-refractivity contribution in [1.29, 1.82) is 0 Å². The SMILES string of the molecule is CC(C)OCCCCCNC(=O)CC1CCN(C(C)C)CC1. The number of carbonyl (C=O) groups excluding carboxylic acids is 1. The van der Waals surface area contributed by atoms with Gasteiger partial charge >= 0.3 is 0 Å². The molecule has 1 fully saturated rings. The molecule has 4 heteroatoms. The van der Waals surface area contributed by atoms with E-state index < -0.39 is 0 Å². The van der Waals surface area contributed by atoms with E-state index in [-0.39, 0.29) is 5.91 Å². The zero-order valence-electron chi connectivity index (χ0n) is 15.1. The van der Waals surface area contributed by atoms with Crippen LogP contribution in [0.1, 0.15) is 66.2 Å². The lowest BCUT2D eigenvalue weighted by Gasteiger charge is -2.34. The lowest BCUT2D eigenvalue weighted by molar-refractivity contribution is -0.122. The van der Waals surface area contributed by atoms with Crippen molar-refractivity contribution in [3.8, 4) is 0 Å². The minimum Gasteiger partial charge on any atom is -0.379 e. The van der Waals surface area contributed by atoms with Crippen LogP contribution in [0.5, 0.6) is 0 Å². The number of carbonyl (C=O) groups is 1. The Morgan fingerprint density at radius 2 is 1.82 bits per heavy atom. The number of nitrogens with one attached hydrogen (secondary N) is 1. The van der Waals surface area contributed by atoms with E-state index >= 15 is 0 Å². The van der Waals surface area contributed by atoms with Crippen LogP contribution in [0.2, 0.25) is 0 Å². The summed E-state index contributed by atoms with van der Waals surface area (Å²) in [6, 6.07) is 0.634. The predicted octanol–water partition coefficient (Wildman–Crippen LogP) is 3.21. The molecule has 0 aromatic carbocycles. The maximum absolute atomic E-state index is 12.0. The van der Waals surface area contributed by atoms with Crippen LogP contribution < -0.4 is 5.32 Å². The summed E-state index contributed by atoms with van der Waals surface area (Å²) in [7, 11) is 0. The molecule has 0 aromatic heterocycles. The molecule has 4 nitrogen and oxygen atoms in total. The van der Waals surface area contributed by atoms with E-state index in [4.69, 9.17) is 4.74 Å². The second-order valence-corrected chi connectivity index (χ2v) is 7.11. The van der Waals surface area contributed by atoms with Gasteiger partial charge in [0.05, 0.1) is 6.10 Å². The number of piperidine rings is 1. The molecular weight excluding hydrogens is 276 g/mol. The summed E-state index contributed by atoms with van der Waals surface area (Å²) in [4.78, 5) is 14.5. The van der Waals surface area contributed by atoms with Gasteiger partial charge in [-0.2, -0.15) is 0 Å². The Balaban J connectivity index is 1.98. The first kappa shape index (κ1) is 19.4. The summed E-state index contributed by atoms with van der Waals surface area (Å²) in [6.45, 7) is 12.6. The van der Waals surface area contributed by atoms with E-state index in [2.05, 4.69) is 37.9 Å². The van der Waals surface area contributed by atoms with Crippen LogP contribution in [0.4, 0.5) is 0 Å². The summed E-state index contributed by atoms with van der Waals surface area (Å²) in [5.74, 6) is 0.816. The van der Waals surface area contributed by atoms with Crippen molar-refractivity contribution in [1.82, 2.24) is 10.2 Å². The fourth-order valence-corrected chi connectivity index (χ4v) is 2.96. The van der Waals surface area contributed by atoms with Crippen LogP contribution in [0.15, 0.2) is 0 Å². The van der Waals surface area contributed by atoms with Gasteiger partial charge in [-0.3, -0.25) is 4.79 Å². The van der Waals surface area contributed by atoms with E-state index in [0.29, 0.717) is 24.5 Å². The Hall–Kier alpha value is -0.610. The Labute approximate surface area is 137 Å². The average Bonchev–Trinajstić information content (AvgIpc) is 2.46. The third-order valence-electron chi connectivity index (χ3n) is 4.45. The minimum absolute atomic E-state index is 0.237. The molecule has 130 valence electrons. The van der Waals surface area contributed by atoms with Gasteiger partial charge in [0.25, 0.3) is 0 Å². The van der Waals surface area contributed by atoms with Crippen molar-refractivity contribution in [3.05, 3.63) is 0 Å². The molecule has 0 saturated carbocycles. The summed E-state index contributed by atoms with van der Waals surface area (Å²) >= 11 is 0. The van der Waals surface area contributed by atoms with Crippen molar-refractivity contribution in [2.75, 3.05) is 26.2 Å². The molecule has 0 spiro atoms. The van der Waals surface area contributed by atoms with E-state index in [1.807, 2.05) is 0 Å². The first-order valence-corrected chi connectivity index (χ1v) is 9.11. The van der Waals surface area contributed by atoms with Crippen LogP contribution >= 0.6 is 0 Å². The summed E-state index contributed by atoms with van der Waals surface area (Å²) in [5.41, 5.74) is 0. The molecule has 1 heterocycles. The first-order valence-electron chi connectivity index (χ1n) is 9.11. The van der Waals surface area contributed by atoms with Gasteiger partial charge in [-0.05, 0) is 78.8 Å². The molecule has 1 saturated heterocycles. The number of amides is 1. The number of hydrogen-bond acceptors (Lipinski definition) is 3. The highest BCUT2D eigenvalue weighted by Crippen LogP contribution is 2.21. The quantitative estimate of drug-likeness (QED) is 0.630. The Kier molecular flexibility index (Phi) is 9.73. The van der Waals surface area contributed by atoms with Gasteiger partial charge in [0.15, 0.2) is 0 Å². The normalized spacial score (nSPS) is 17.4. The highest BCUT2D eigenvalue weighted by atomic mass is 16.5. The van der Waals surface area contributed by atoms with Crippen molar-refractivity contribution in [3.63, 3.8) is 0 Å². The third kappa shape index (κ3) is 8.74. The van der Waals surface area contributed by atoms with Crippen molar-refractivity contribution in [2.45, 2.75) is 78.4 Å². The molecule has 1 rings (SSSR count). The summed E-state index contributed by atoms with van der Waals surface area (Å²) in [6.07, 6.45) is 6.63. The fraction of sp³-hybridized carbons (Fsp3) is 0.944. The Morgan fingerprint density at radius 1 is 1.14 bits per heavy atom. The minimum atomic E-state index is 0.237. The van der Waals surface area contributed by atoms with E-state index in [0.717, 1.165) is 58.3 Å². The van der Waals surface area contributed by atoms with Crippen LogP contribution in [-0.2, 0) is 9.53 Å². The van der Waals surface area contributed by atoms with Crippen LogP contribution in [-0.4, -0.2) is 49.2 Å². The van der Waals surface area contributed by atoms with Gasteiger partial charge in [-0.1, -0.05) is 0 Å². The van der Waals surface area contributed by atoms with Gasteiger partial charge in [-0.15, -0.1) is 0 Å². The standard InChI is InChI=1S/C18H36N2O2/c1-15(2)20-11-8-17(9-12-20)14-18(21)19-10-6-5-7-13-22-16(3)4/h15-17H,5-14H2,1-4H3,(H,19,21). The topological polar surface area (TPSA) is 41.6 Å². The zero-order valence-corrected chi connectivity index (χ0v) is 15.1. The number of likely N-dealkylation sites (tertiary alicyclic amines) is 1. The second kappa shape index (κ2) is 11.0. The van der Waals surface area contributed by atoms with Gasteiger partial charge in [-0.25, -0.2) is 0 Å². The molecule has 1 aliphatic rings. The number of hydrogen-bond donors (Lipinski definition) is 1. The molecule has 0 atom stereocenters. The highest BCUT2D eigenvalue weighted by molar-refractivity contribution is 5.76. The second-order valence-electron chi connectivity index (χ2n) is 7.11. The molecule has 0 unspecified atom stereocenters. The molecule has 0 aliphatic carbocycles. The van der Waals surface area contributed by atoms with Crippen LogP contribution in [0.3, 0.4) is 0 Å². The molecule has 1 aliphatic heterocycles. The maximum Gasteiger partial charge on any atom is 0.220 e. The molecule has 0 radical (unpaired) electrons. The Morgan fingerprint density at radius 3 is 2.41 bits per heavy atom. The van der Waals surface area contributed by atoms with Gasteiger partial charge in [0, 0.05) is 25.6 Å². The largest absolute Gasteiger partial charge is 0.379 e. The van der Waals surface area contributed by atoms with E-state index in [1.54, 1.807) is 0 Å². The van der Waals surface area contributed by atoms with Gasteiger partial charge in [0.1, 0.15) is 0 Å². The zero-order chi connectivity index (χ0) is 16.4. The van der Waals surface area contributed by atoms with Crippen LogP contribution in [0, 0.1) is 5.92 Å². The third-order valence-corrected chi connectivity index (χ3v) is 4.45. The number of rotatable bonds is 10. The summed E-state index contributed by atoms with van der Waals surface area (Å²) in [5, 5.41) is 3.07. The van der Waals surface area contributed by atoms with Crippen molar-refractivity contribution >= 4 is 5.91 Å². The molecule has 1 amide bonds. The molecule has 0 bridgehead atoms. The lowest BCUT2D eigenvalue weighted by atomic mass is 9.92. The van der Waals surface area contributed by atoms with Gasteiger partial charge < -0.3 is 15.0 Å². The number of nitrogens with zero attached hydrogens (tertiary/aromatic N) is 1. The number of ether oxygens (including phenoxy) is 1. The first-order chi connectivity index (χ1) is 10.5. The van der Waals surface area contributed by atoms with Crippen LogP contribution in [0.25, 0.3) is 0 Å². The fourth-order valence-electron chi connectivity index (χ4n) is 2.96. The van der Waals surface area contributed by atoms with Crippen molar-refractivity contribution < 1.29 is 9.53 Å². The molecule has 22 heavy (non-hydrogen) atoms. The molecule has 0 aromatic rings.